The number of hydrogen-bond donors (Lipinski definition) is 0. The third-order valence-electron chi connectivity index (χ3n) is 3.58. The first-order valence-electron chi connectivity index (χ1n) is 7.15. The molecule has 1 aliphatic rings. The minimum Gasteiger partial charge on any atom is -0.353 e. The Kier molecular flexibility index (Phi) is 7.54. The van der Waals surface area contributed by atoms with Crippen LogP contribution in [0.1, 0.15) is 58.8 Å². The molecule has 0 heterocycles. The summed E-state index contributed by atoms with van der Waals surface area (Å²) in [6, 6.07) is 0. The van der Waals surface area contributed by atoms with Crippen molar-refractivity contribution in [1.82, 2.24) is 0 Å². The van der Waals surface area contributed by atoms with Gasteiger partial charge in [0.05, 0.1) is 0 Å². The fourth-order valence-corrected chi connectivity index (χ4v) is 2.54. The Morgan fingerprint density at radius 3 is 2.88 bits per heavy atom. The van der Waals surface area contributed by atoms with E-state index < -0.39 is 0 Å². The summed E-state index contributed by atoms with van der Waals surface area (Å²) in [7, 11) is 0. The van der Waals surface area contributed by atoms with Gasteiger partial charge in [0, 0.05) is 13.2 Å². The first kappa shape index (κ1) is 14.7. The van der Waals surface area contributed by atoms with E-state index in [9.17, 15) is 0 Å². The van der Waals surface area contributed by atoms with Gasteiger partial charge in [0.1, 0.15) is 0 Å². The maximum absolute atomic E-state index is 5.59. The lowest BCUT2D eigenvalue weighted by Crippen LogP contribution is -2.14. The molecule has 0 radical (unpaired) electrons. The van der Waals surface area contributed by atoms with Gasteiger partial charge in [0.15, 0.2) is 6.29 Å². The van der Waals surface area contributed by atoms with E-state index in [-0.39, 0.29) is 6.29 Å². The highest BCUT2D eigenvalue weighted by Crippen LogP contribution is 2.30. The molecule has 100 valence electrons. The van der Waals surface area contributed by atoms with Crippen LogP contribution in [0.5, 0.6) is 0 Å². The zero-order chi connectivity index (χ0) is 12.5. The Balaban J connectivity index is 2.10. The standard InChI is InChI=1S/C15H28O2/c1-4-16-14(3)17-12-8-11-15-10-7-5-6-9-13(15)2/h14-15H,2,4-12H2,1,3H3/t14?,15-/m1/s1. The van der Waals surface area contributed by atoms with Gasteiger partial charge in [-0.05, 0) is 51.9 Å². The molecule has 1 saturated carbocycles. The zero-order valence-electron chi connectivity index (χ0n) is 11.5. The van der Waals surface area contributed by atoms with Crippen LogP contribution in [0.2, 0.25) is 0 Å². The van der Waals surface area contributed by atoms with Gasteiger partial charge >= 0.3 is 0 Å². The van der Waals surface area contributed by atoms with E-state index in [4.69, 9.17) is 9.47 Å². The van der Waals surface area contributed by atoms with Gasteiger partial charge in [0.2, 0.25) is 0 Å². The van der Waals surface area contributed by atoms with Crippen molar-refractivity contribution < 1.29 is 9.47 Å². The summed E-state index contributed by atoms with van der Waals surface area (Å²) >= 11 is 0. The van der Waals surface area contributed by atoms with Crippen LogP contribution in [0.25, 0.3) is 0 Å². The molecule has 0 aromatic heterocycles. The second-order valence-electron chi connectivity index (χ2n) is 4.99. The quantitative estimate of drug-likeness (QED) is 0.286. The molecule has 17 heavy (non-hydrogen) atoms. The van der Waals surface area contributed by atoms with Crippen LogP contribution >= 0.6 is 0 Å². The van der Waals surface area contributed by atoms with Crippen molar-refractivity contribution in [2.75, 3.05) is 13.2 Å². The maximum atomic E-state index is 5.59. The second kappa shape index (κ2) is 8.71. The van der Waals surface area contributed by atoms with Crippen molar-refractivity contribution in [3.05, 3.63) is 12.2 Å². The Labute approximate surface area is 106 Å². The van der Waals surface area contributed by atoms with Crippen molar-refractivity contribution in [1.29, 1.82) is 0 Å². The maximum Gasteiger partial charge on any atom is 0.154 e. The molecule has 1 unspecified atom stereocenters. The SMILES string of the molecule is C=C1CCCCC[C@@H]1CCCOC(C)OCC. The lowest BCUT2D eigenvalue weighted by molar-refractivity contribution is -0.127. The molecule has 1 rings (SSSR count). The minimum absolute atomic E-state index is 0.0580. The first-order valence-corrected chi connectivity index (χ1v) is 7.15. The van der Waals surface area contributed by atoms with Crippen molar-refractivity contribution in [2.45, 2.75) is 65.1 Å². The molecule has 0 spiro atoms. The van der Waals surface area contributed by atoms with Crippen LogP contribution in [0.4, 0.5) is 0 Å². The van der Waals surface area contributed by atoms with Crippen LogP contribution in [-0.4, -0.2) is 19.5 Å². The average molecular weight is 240 g/mol. The molecule has 0 aliphatic heterocycles. The molecule has 0 amide bonds. The number of rotatable bonds is 7. The molecule has 1 aliphatic carbocycles. The molecule has 0 N–H and O–H groups in total. The average Bonchev–Trinajstić information content (AvgIpc) is 2.50. The molecule has 2 nitrogen and oxygen atoms in total. The molecular weight excluding hydrogens is 212 g/mol. The van der Waals surface area contributed by atoms with E-state index in [1.54, 1.807) is 0 Å². The fraction of sp³-hybridized carbons (Fsp3) is 0.867. The molecule has 2 heteroatoms. The van der Waals surface area contributed by atoms with E-state index in [0.717, 1.165) is 25.6 Å². The lowest BCUT2D eigenvalue weighted by Gasteiger charge is -2.17. The summed E-state index contributed by atoms with van der Waals surface area (Å²) in [5.41, 5.74) is 1.47. The van der Waals surface area contributed by atoms with Gasteiger partial charge in [-0.25, -0.2) is 0 Å². The molecule has 0 bridgehead atoms. The van der Waals surface area contributed by atoms with Crippen LogP contribution in [0.3, 0.4) is 0 Å². The molecular formula is C15H28O2. The molecule has 0 aromatic rings. The van der Waals surface area contributed by atoms with E-state index in [1.165, 1.54) is 44.1 Å². The summed E-state index contributed by atoms with van der Waals surface area (Å²) < 4.78 is 10.9. The topological polar surface area (TPSA) is 18.5 Å². The molecule has 0 saturated heterocycles. The number of ether oxygens (including phenoxy) is 2. The zero-order valence-corrected chi connectivity index (χ0v) is 11.5. The predicted molar refractivity (Wildman–Crippen MR) is 72.0 cm³/mol. The van der Waals surface area contributed by atoms with Crippen LogP contribution in [-0.2, 0) is 9.47 Å². The molecule has 0 aromatic carbocycles. The third kappa shape index (κ3) is 6.23. The summed E-state index contributed by atoms with van der Waals surface area (Å²) in [6.07, 6.45) is 8.97. The van der Waals surface area contributed by atoms with Crippen LogP contribution in [0, 0.1) is 5.92 Å². The molecule has 2 atom stereocenters. The highest BCUT2D eigenvalue weighted by atomic mass is 16.7. The Morgan fingerprint density at radius 1 is 1.29 bits per heavy atom. The van der Waals surface area contributed by atoms with Crippen molar-refractivity contribution in [3.8, 4) is 0 Å². The van der Waals surface area contributed by atoms with E-state index in [0.29, 0.717) is 0 Å². The fourth-order valence-electron chi connectivity index (χ4n) is 2.54. The predicted octanol–water partition coefficient (Wildman–Crippen LogP) is 4.30. The van der Waals surface area contributed by atoms with Gasteiger partial charge in [-0.2, -0.15) is 0 Å². The molecule has 1 fully saturated rings. The summed E-state index contributed by atoms with van der Waals surface area (Å²) in [5, 5.41) is 0. The summed E-state index contributed by atoms with van der Waals surface area (Å²) in [5.74, 6) is 0.739. The smallest absolute Gasteiger partial charge is 0.154 e. The van der Waals surface area contributed by atoms with E-state index in [2.05, 4.69) is 6.58 Å². The van der Waals surface area contributed by atoms with Gasteiger partial charge in [-0.15, -0.1) is 0 Å². The Morgan fingerprint density at radius 2 is 2.12 bits per heavy atom. The van der Waals surface area contributed by atoms with Crippen LogP contribution in [0.15, 0.2) is 12.2 Å². The van der Waals surface area contributed by atoms with Gasteiger partial charge in [0.25, 0.3) is 0 Å². The monoisotopic (exact) mass is 240 g/mol. The number of allylic oxidation sites excluding steroid dienone is 1. The minimum atomic E-state index is -0.0580. The Bertz CT molecular complexity index is 213. The highest BCUT2D eigenvalue weighted by Gasteiger charge is 2.15. The van der Waals surface area contributed by atoms with Gasteiger partial charge in [-0.3, -0.25) is 0 Å². The van der Waals surface area contributed by atoms with Crippen molar-refractivity contribution in [3.63, 3.8) is 0 Å². The van der Waals surface area contributed by atoms with Crippen molar-refractivity contribution >= 4 is 0 Å². The van der Waals surface area contributed by atoms with Crippen molar-refractivity contribution in [2.24, 2.45) is 5.92 Å². The first-order chi connectivity index (χ1) is 8.24. The number of hydrogen-bond acceptors (Lipinski definition) is 2. The Hall–Kier alpha value is -0.340. The normalized spacial score (nSPS) is 23.4. The third-order valence-corrected chi connectivity index (χ3v) is 3.58. The summed E-state index contributed by atoms with van der Waals surface area (Å²) in [4.78, 5) is 0. The lowest BCUT2D eigenvalue weighted by atomic mass is 9.91. The largest absolute Gasteiger partial charge is 0.353 e. The second-order valence-corrected chi connectivity index (χ2v) is 4.99. The van der Waals surface area contributed by atoms with Gasteiger partial charge in [-0.1, -0.05) is 25.0 Å². The van der Waals surface area contributed by atoms with Gasteiger partial charge < -0.3 is 9.47 Å². The van der Waals surface area contributed by atoms with E-state index >= 15 is 0 Å². The summed E-state index contributed by atoms with van der Waals surface area (Å²) in [6.45, 7) is 9.73. The van der Waals surface area contributed by atoms with E-state index in [1.807, 2.05) is 13.8 Å². The van der Waals surface area contributed by atoms with Crippen LogP contribution < -0.4 is 0 Å². The highest BCUT2D eigenvalue weighted by molar-refractivity contribution is 5.01.